The summed E-state index contributed by atoms with van der Waals surface area (Å²) in [5, 5.41) is 0. The van der Waals surface area contributed by atoms with Crippen LogP contribution in [-0.2, 0) is 4.74 Å². The fraction of sp³-hybridized carbons (Fsp3) is 0.450. The molecule has 2 heterocycles. The third kappa shape index (κ3) is 4.19. The van der Waals surface area contributed by atoms with E-state index in [4.69, 9.17) is 9.47 Å². The van der Waals surface area contributed by atoms with Gasteiger partial charge in [0.15, 0.2) is 0 Å². The van der Waals surface area contributed by atoms with E-state index in [1.165, 1.54) is 0 Å². The average molecular weight is 371 g/mol. The van der Waals surface area contributed by atoms with E-state index in [2.05, 4.69) is 9.97 Å². The van der Waals surface area contributed by atoms with E-state index < -0.39 is 0 Å². The second-order valence-electron chi connectivity index (χ2n) is 6.59. The molecule has 7 nitrogen and oxygen atoms in total. The van der Waals surface area contributed by atoms with Crippen LogP contribution in [0.1, 0.15) is 35.0 Å². The molecule has 1 N–H and O–H groups in total. The Balaban J connectivity index is 2.03. The molecule has 0 radical (unpaired) electrons. The Bertz CT molecular complexity index is 885. The Morgan fingerprint density at radius 1 is 1.30 bits per heavy atom. The van der Waals surface area contributed by atoms with Gasteiger partial charge in [0, 0.05) is 29.9 Å². The molecule has 1 aromatic heterocycles. The minimum Gasteiger partial charge on any atom is -0.493 e. The molecule has 1 amide bonds. The molecule has 7 heteroatoms. The molecule has 0 unspecified atom stereocenters. The van der Waals surface area contributed by atoms with Gasteiger partial charge >= 0.3 is 0 Å². The number of carbonyl (C=O) groups excluding carboxylic acids is 1. The summed E-state index contributed by atoms with van der Waals surface area (Å²) in [6, 6.07) is 5.27. The number of carbonyl (C=O) groups is 1. The highest BCUT2D eigenvalue weighted by Gasteiger charge is 2.21. The van der Waals surface area contributed by atoms with Crippen molar-refractivity contribution in [2.24, 2.45) is 0 Å². The number of hydrogen-bond acceptors (Lipinski definition) is 5. The number of ether oxygens (including phenoxy) is 2. The number of benzene rings is 1. The summed E-state index contributed by atoms with van der Waals surface area (Å²) in [6.07, 6.45) is 0.852. The van der Waals surface area contributed by atoms with Crippen LogP contribution >= 0.6 is 0 Å². The number of H-pyrrole nitrogens is 1. The maximum Gasteiger partial charge on any atom is 0.254 e. The number of hydrogen-bond donors (Lipinski definition) is 1. The summed E-state index contributed by atoms with van der Waals surface area (Å²) < 4.78 is 11.1. The van der Waals surface area contributed by atoms with Gasteiger partial charge in [0.1, 0.15) is 11.6 Å². The van der Waals surface area contributed by atoms with Gasteiger partial charge in [-0.2, -0.15) is 0 Å². The van der Waals surface area contributed by atoms with E-state index >= 15 is 0 Å². The quantitative estimate of drug-likeness (QED) is 0.872. The van der Waals surface area contributed by atoms with Crippen molar-refractivity contribution in [1.29, 1.82) is 0 Å². The first-order chi connectivity index (χ1) is 13.0. The standard InChI is InChI=1S/C20H25N3O4/c1-4-9-27-17-6-5-15(20(25)23-7-10-26-11-8-23)12-16(17)18-21-14(3)13(2)19(24)22-18/h5-6,12H,4,7-11H2,1-3H3,(H,21,22,24). The number of nitrogens with one attached hydrogen (secondary N) is 1. The predicted molar refractivity (Wildman–Crippen MR) is 102 cm³/mol. The highest BCUT2D eigenvalue weighted by Crippen LogP contribution is 2.29. The fourth-order valence-electron chi connectivity index (χ4n) is 2.91. The van der Waals surface area contributed by atoms with Crippen LogP contribution < -0.4 is 10.3 Å². The summed E-state index contributed by atoms with van der Waals surface area (Å²) in [5.74, 6) is 0.945. The molecule has 3 rings (SSSR count). The Morgan fingerprint density at radius 2 is 2.04 bits per heavy atom. The molecule has 0 bridgehead atoms. The maximum atomic E-state index is 12.8. The van der Waals surface area contributed by atoms with Crippen molar-refractivity contribution >= 4 is 5.91 Å². The summed E-state index contributed by atoms with van der Waals surface area (Å²) in [6.45, 7) is 8.32. The van der Waals surface area contributed by atoms with Gasteiger partial charge < -0.3 is 19.4 Å². The molecular formula is C20H25N3O4. The van der Waals surface area contributed by atoms with Crippen LogP contribution in [0.4, 0.5) is 0 Å². The van der Waals surface area contributed by atoms with Gasteiger partial charge in [-0.05, 0) is 38.5 Å². The largest absolute Gasteiger partial charge is 0.493 e. The summed E-state index contributed by atoms with van der Waals surface area (Å²) >= 11 is 0. The van der Waals surface area contributed by atoms with Crippen molar-refractivity contribution < 1.29 is 14.3 Å². The third-order valence-electron chi connectivity index (χ3n) is 4.64. The van der Waals surface area contributed by atoms with Crippen molar-refractivity contribution in [3.8, 4) is 17.1 Å². The minimum absolute atomic E-state index is 0.0622. The Kier molecular flexibility index (Phi) is 5.91. The first-order valence-electron chi connectivity index (χ1n) is 9.23. The Morgan fingerprint density at radius 3 is 2.70 bits per heavy atom. The van der Waals surface area contributed by atoms with Crippen LogP contribution in [0.15, 0.2) is 23.0 Å². The molecule has 1 aliphatic rings. The van der Waals surface area contributed by atoms with E-state index in [-0.39, 0.29) is 11.5 Å². The third-order valence-corrected chi connectivity index (χ3v) is 4.64. The lowest BCUT2D eigenvalue weighted by Crippen LogP contribution is -2.40. The smallest absolute Gasteiger partial charge is 0.254 e. The van der Waals surface area contributed by atoms with E-state index in [1.807, 2.05) is 6.92 Å². The van der Waals surface area contributed by atoms with Crippen LogP contribution in [0.3, 0.4) is 0 Å². The normalized spacial score (nSPS) is 14.3. The van der Waals surface area contributed by atoms with Gasteiger partial charge in [-0.1, -0.05) is 6.92 Å². The molecule has 0 atom stereocenters. The Hall–Kier alpha value is -2.67. The zero-order chi connectivity index (χ0) is 19.4. The van der Waals surface area contributed by atoms with Gasteiger partial charge in [-0.15, -0.1) is 0 Å². The number of morpholine rings is 1. The molecule has 1 aliphatic heterocycles. The Labute approximate surface area is 158 Å². The lowest BCUT2D eigenvalue weighted by Gasteiger charge is -2.27. The van der Waals surface area contributed by atoms with E-state index in [0.29, 0.717) is 66.9 Å². The van der Waals surface area contributed by atoms with Crippen molar-refractivity contribution in [3.05, 3.63) is 45.4 Å². The molecule has 1 saturated heterocycles. The summed E-state index contributed by atoms with van der Waals surface area (Å²) in [7, 11) is 0. The van der Waals surface area contributed by atoms with Crippen molar-refractivity contribution in [2.75, 3.05) is 32.9 Å². The number of aromatic amines is 1. The molecule has 1 aromatic carbocycles. The van der Waals surface area contributed by atoms with Gasteiger partial charge in [-0.3, -0.25) is 9.59 Å². The molecule has 0 aliphatic carbocycles. The number of rotatable bonds is 5. The van der Waals surface area contributed by atoms with Crippen molar-refractivity contribution in [1.82, 2.24) is 14.9 Å². The van der Waals surface area contributed by atoms with Crippen LogP contribution in [-0.4, -0.2) is 53.7 Å². The second kappa shape index (κ2) is 8.35. The van der Waals surface area contributed by atoms with Crippen LogP contribution in [0.5, 0.6) is 5.75 Å². The highest BCUT2D eigenvalue weighted by molar-refractivity contribution is 5.96. The second-order valence-corrected chi connectivity index (χ2v) is 6.59. The lowest BCUT2D eigenvalue weighted by molar-refractivity contribution is 0.0303. The zero-order valence-electron chi connectivity index (χ0n) is 16.0. The van der Waals surface area contributed by atoms with Gasteiger partial charge in [-0.25, -0.2) is 4.98 Å². The predicted octanol–water partition coefficient (Wildman–Crippen LogP) is 2.31. The van der Waals surface area contributed by atoms with Crippen LogP contribution in [0, 0.1) is 13.8 Å². The molecular weight excluding hydrogens is 346 g/mol. The fourth-order valence-corrected chi connectivity index (χ4v) is 2.91. The summed E-state index contributed by atoms with van der Waals surface area (Å²) in [5.41, 5.74) is 2.19. The number of aryl methyl sites for hydroxylation is 1. The van der Waals surface area contributed by atoms with Crippen molar-refractivity contribution in [2.45, 2.75) is 27.2 Å². The highest BCUT2D eigenvalue weighted by atomic mass is 16.5. The monoisotopic (exact) mass is 371 g/mol. The molecule has 0 spiro atoms. The molecule has 27 heavy (non-hydrogen) atoms. The lowest BCUT2D eigenvalue weighted by atomic mass is 10.1. The van der Waals surface area contributed by atoms with Gasteiger partial charge in [0.2, 0.25) is 0 Å². The van der Waals surface area contributed by atoms with Gasteiger partial charge in [0.05, 0.1) is 25.4 Å². The van der Waals surface area contributed by atoms with Crippen LogP contribution in [0.25, 0.3) is 11.4 Å². The van der Waals surface area contributed by atoms with E-state index in [0.717, 1.165) is 6.42 Å². The minimum atomic E-state index is -0.191. The van der Waals surface area contributed by atoms with E-state index in [9.17, 15) is 9.59 Å². The first kappa shape index (κ1) is 19.1. The molecule has 2 aromatic rings. The zero-order valence-corrected chi connectivity index (χ0v) is 16.0. The number of amides is 1. The van der Waals surface area contributed by atoms with Crippen LogP contribution in [0.2, 0.25) is 0 Å². The number of aromatic nitrogens is 2. The number of nitrogens with zero attached hydrogens (tertiary/aromatic N) is 2. The SMILES string of the molecule is CCCOc1ccc(C(=O)N2CCOCC2)cc1-c1nc(C)c(C)c(=O)[nH]1. The topological polar surface area (TPSA) is 84.5 Å². The maximum absolute atomic E-state index is 12.8. The first-order valence-corrected chi connectivity index (χ1v) is 9.23. The average Bonchev–Trinajstić information content (AvgIpc) is 2.70. The molecule has 1 fully saturated rings. The summed E-state index contributed by atoms with van der Waals surface area (Å²) in [4.78, 5) is 34.1. The molecule has 144 valence electrons. The van der Waals surface area contributed by atoms with Gasteiger partial charge in [0.25, 0.3) is 11.5 Å². The van der Waals surface area contributed by atoms with E-state index in [1.54, 1.807) is 36.9 Å². The van der Waals surface area contributed by atoms with Crippen molar-refractivity contribution in [3.63, 3.8) is 0 Å². The molecule has 0 saturated carbocycles.